The maximum Gasteiger partial charge on any atom is 0.276 e. The molecule has 2 unspecified atom stereocenters. The molecule has 3 rings (SSSR count). The van der Waals surface area contributed by atoms with Crippen molar-refractivity contribution in [3.63, 3.8) is 0 Å². The van der Waals surface area contributed by atoms with Gasteiger partial charge >= 0.3 is 0 Å². The molecule has 0 saturated carbocycles. The Hall–Kier alpha value is -1.43. The summed E-state index contributed by atoms with van der Waals surface area (Å²) in [6.45, 7) is 7.22. The van der Waals surface area contributed by atoms with Gasteiger partial charge in [0.05, 0.1) is 12.2 Å². The van der Waals surface area contributed by atoms with E-state index in [0.29, 0.717) is 23.7 Å². The van der Waals surface area contributed by atoms with Gasteiger partial charge in [-0.3, -0.25) is 4.79 Å². The van der Waals surface area contributed by atoms with E-state index in [-0.39, 0.29) is 5.91 Å². The van der Waals surface area contributed by atoms with Crippen molar-refractivity contribution in [2.75, 3.05) is 19.6 Å². The van der Waals surface area contributed by atoms with Gasteiger partial charge in [-0.15, -0.1) is 5.10 Å². The standard InChI is InChI=1S/C15H25N5O/c1-3-12-8-11(2)9-19(12)15(21)14-10-20(18-17-14)13-4-6-16-7-5-13/h10-13,16H,3-9H2,1-2H3. The summed E-state index contributed by atoms with van der Waals surface area (Å²) in [5, 5.41) is 11.7. The number of carbonyl (C=O) groups is 1. The molecule has 2 atom stereocenters. The van der Waals surface area contributed by atoms with Gasteiger partial charge in [0, 0.05) is 12.6 Å². The largest absolute Gasteiger partial charge is 0.334 e. The highest BCUT2D eigenvalue weighted by Gasteiger charge is 2.33. The third-order valence-corrected chi connectivity index (χ3v) is 4.77. The molecule has 116 valence electrons. The second-order valence-electron chi connectivity index (χ2n) is 6.43. The zero-order valence-electron chi connectivity index (χ0n) is 13.0. The molecule has 6 heteroatoms. The van der Waals surface area contributed by atoms with Crippen LogP contribution in [0.4, 0.5) is 0 Å². The second kappa shape index (κ2) is 6.13. The maximum absolute atomic E-state index is 12.7. The summed E-state index contributed by atoms with van der Waals surface area (Å²) in [4.78, 5) is 14.6. The Morgan fingerprint density at radius 2 is 2.19 bits per heavy atom. The summed E-state index contributed by atoms with van der Waals surface area (Å²) in [5.41, 5.74) is 0.501. The molecule has 1 aromatic heterocycles. The monoisotopic (exact) mass is 291 g/mol. The summed E-state index contributed by atoms with van der Waals surface area (Å²) in [6.07, 6.45) is 6.06. The summed E-state index contributed by atoms with van der Waals surface area (Å²) in [5.74, 6) is 0.629. The third-order valence-electron chi connectivity index (χ3n) is 4.77. The van der Waals surface area contributed by atoms with Gasteiger partial charge < -0.3 is 10.2 Å². The molecular weight excluding hydrogens is 266 g/mol. The van der Waals surface area contributed by atoms with Gasteiger partial charge in [0.1, 0.15) is 0 Å². The number of hydrogen-bond donors (Lipinski definition) is 1. The molecule has 3 heterocycles. The first-order chi connectivity index (χ1) is 10.2. The lowest BCUT2D eigenvalue weighted by molar-refractivity contribution is 0.0724. The summed E-state index contributed by atoms with van der Waals surface area (Å²) >= 11 is 0. The Bertz CT molecular complexity index is 494. The Morgan fingerprint density at radius 1 is 1.43 bits per heavy atom. The molecule has 1 amide bonds. The van der Waals surface area contributed by atoms with Crippen LogP contribution < -0.4 is 5.32 Å². The number of nitrogens with one attached hydrogen (secondary N) is 1. The lowest BCUT2D eigenvalue weighted by atomic mass is 10.1. The first-order valence-corrected chi connectivity index (χ1v) is 8.12. The minimum absolute atomic E-state index is 0.0476. The van der Waals surface area contributed by atoms with Crippen LogP contribution in [0.2, 0.25) is 0 Å². The topological polar surface area (TPSA) is 63.1 Å². The molecule has 0 bridgehead atoms. The Balaban J connectivity index is 1.71. The van der Waals surface area contributed by atoms with E-state index >= 15 is 0 Å². The maximum atomic E-state index is 12.7. The second-order valence-corrected chi connectivity index (χ2v) is 6.43. The van der Waals surface area contributed by atoms with Crippen LogP contribution >= 0.6 is 0 Å². The number of likely N-dealkylation sites (tertiary alicyclic amines) is 1. The number of piperidine rings is 1. The lowest BCUT2D eigenvalue weighted by Gasteiger charge is -2.23. The third kappa shape index (κ3) is 2.95. The van der Waals surface area contributed by atoms with E-state index in [9.17, 15) is 4.79 Å². The fourth-order valence-electron chi connectivity index (χ4n) is 3.56. The molecule has 0 radical (unpaired) electrons. The van der Waals surface area contributed by atoms with Gasteiger partial charge in [-0.05, 0) is 44.7 Å². The zero-order valence-corrected chi connectivity index (χ0v) is 13.0. The highest BCUT2D eigenvalue weighted by Crippen LogP contribution is 2.26. The average Bonchev–Trinajstić information content (AvgIpc) is 3.14. The number of nitrogens with zero attached hydrogens (tertiary/aromatic N) is 4. The summed E-state index contributed by atoms with van der Waals surface area (Å²) in [6, 6.07) is 0.733. The number of aromatic nitrogens is 3. The molecule has 2 fully saturated rings. The first-order valence-electron chi connectivity index (χ1n) is 8.12. The van der Waals surface area contributed by atoms with Crippen LogP contribution in [0.1, 0.15) is 56.1 Å². The molecular formula is C15H25N5O. The van der Waals surface area contributed by atoms with Crippen molar-refractivity contribution in [2.45, 2.75) is 51.6 Å². The first kappa shape index (κ1) is 14.5. The van der Waals surface area contributed by atoms with Crippen LogP contribution in [0.25, 0.3) is 0 Å². The van der Waals surface area contributed by atoms with Crippen LogP contribution in [0, 0.1) is 5.92 Å². The van der Waals surface area contributed by atoms with Crippen molar-refractivity contribution in [2.24, 2.45) is 5.92 Å². The summed E-state index contributed by atoms with van der Waals surface area (Å²) in [7, 11) is 0. The van der Waals surface area contributed by atoms with E-state index in [1.807, 2.05) is 15.8 Å². The predicted octanol–water partition coefficient (Wildman–Crippen LogP) is 1.46. The molecule has 0 aromatic carbocycles. The predicted molar refractivity (Wildman–Crippen MR) is 80.1 cm³/mol. The molecule has 2 aliphatic rings. The highest BCUT2D eigenvalue weighted by molar-refractivity contribution is 5.92. The van der Waals surface area contributed by atoms with Crippen LogP contribution in [0.3, 0.4) is 0 Å². The molecule has 1 N–H and O–H groups in total. The minimum atomic E-state index is 0.0476. The van der Waals surface area contributed by atoms with E-state index < -0.39 is 0 Å². The van der Waals surface area contributed by atoms with E-state index in [2.05, 4.69) is 29.5 Å². The fraction of sp³-hybridized carbons (Fsp3) is 0.800. The normalized spacial score (nSPS) is 27.2. The molecule has 0 aliphatic carbocycles. The van der Waals surface area contributed by atoms with Crippen LogP contribution in [0.15, 0.2) is 6.20 Å². The number of hydrogen-bond acceptors (Lipinski definition) is 4. The Labute approximate surface area is 125 Å². The fourth-order valence-corrected chi connectivity index (χ4v) is 3.56. The Kier molecular flexibility index (Phi) is 4.24. The molecule has 2 aliphatic heterocycles. The molecule has 6 nitrogen and oxygen atoms in total. The van der Waals surface area contributed by atoms with Crippen LogP contribution in [-0.2, 0) is 0 Å². The van der Waals surface area contributed by atoms with Crippen molar-refractivity contribution in [3.05, 3.63) is 11.9 Å². The van der Waals surface area contributed by atoms with E-state index in [1.165, 1.54) is 0 Å². The molecule has 2 saturated heterocycles. The van der Waals surface area contributed by atoms with E-state index in [4.69, 9.17) is 0 Å². The van der Waals surface area contributed by atoms with Gasteiger partial charge in [0.25, 0.3) is 5.91 Å². The number of amides is 1. The molecule has 1 aromatic rings. The molecule has 0 spiro atoms. The quantitative estimate of drug-likeness (QED) is 0.916. The van der Waals surface area contributed by atoms with Gasteiger partial charge in [0.15, 0.2) is 5.69 Å². The number of carbonyl (C=O) groups excluding carboxylic acids is 1. The van der Waals surface area contributed by atoms with Crippen LogP contribution in [-0.4, -0.2) is 51.5 Å². The number of rotatable bonds is 3. The Morgan fingerprint density at radius 3 is 2.90 bits per heavy atom. The highest BCUT2D eigenvalue weighted by atomic mass is 16.2. The smallest absolute Gasteiger partial charge is 0.276 e. The van der Waals surface area contributed by atoms with Crippen molar-refractivity contribution >= 4 is 5.91 Å². The average molecular weight is 291 g/mol. The van der Waals surface area contributed by atoms with Crippen molar-refractivity contribution < 1.29 is 4.79 Å². The van der Waals surface area contributed by atoms with Crippen molar-refractivity contribution in [3.8, 4) is 0 Å². The van der Waals surface area contributed by atoms with Gasteiger partial charge in [-0.1, -0.05) is 19.1 Å². The SMILES string of the molecule is CCC1CC(C)CN1C(=O)c1cn(C2CCNCC2)nn1. The zero-order chi connectivity index (χ0) is 14.8. The van der Waals surface area contributed by atoms with Gasteiger partial charge in [-0.25, -0.2) is 4.68 Å². The summed E-state index contributed by atoms with van der Waals surface area (Å²) < 4.78 is 1.88. The van der Waals surface area contributed by atoms with E-state index in [0.717, 1.165) is 45.3 Å². The minimum Gasteiger partial charge on any atom is -0.334 e. The van der Waals surface area contributed by atoms with Gasteiger partial charge in [0.2, 0.25) is 0 Å². The van der Waals surface area contributed by atoms with Crippen LogP contribution in [0.5, 0.6) is 0 Å². The lowest BCUT2D eigenvalue weighted by Crippen LogP contribution is -2.35. The molecule has 21 heavy (non-hydrogen) atoms. The van der Waals surface area contributed by atoms with Crippen molar-refractivity contribution in [1.82, 2.24) is 25.2 Å². The van der Waals surface area contributed by atoms with E-state index in [1.54, 1.807) is 0 Å². The van der Waals surface area contributed by atoms with Gasteiger partial charge in [-0.2, -0.15) is 0 Å². The van der Waals surface area contributed by atoms with Crippen molar-refractivity contribution in [1.29, 1.82) is 0 Å².